The Morgan fingerprint density at radius 1 is 1.19 bits per heavy atom. The fourth-order valence-corrected chi connectivity index (χ4v) is 2.71. The molecule has 1 aromatic rings. The van der Waals surface area contributed by atoms with Crippen LogP contribution < -0.4 is 9.16 Å². The lowest BCUT2D eigenvalue weighted by atomic mass is 10.1. The summed E-state index contributed by atoms with van der Waals surface area (Å²) in [7, 11) is -0.308. The van der Waals surface area contributed by atoms with Crippen LogP contribution in [0.3, 0.4) is 0 Å². The van der Waals surface area contributed by atoms with Crippen LogP contribution in [0.15, 0.2) is 18.2 Å². The predicted octanol–water partition coefficient (Wildman–Crippen LogP) is 2.97. The van der Waals surface area contributed by atoms with Gasteiger partial charge in [0.2, 0.25) is 0 Å². The molecule has 1 atom stereocenters. The van der Waals surface area contributed by atoms with E-state index in [1.54, 1.807) is 7.11 Å². The zero-order valence-electron chi connectivity index (χ0n) is 13.9. The molecule has 0 spiro atoms. The number of methoxy groups -OCH3 is 1. The molecule has 4 nitrogen and oxygen atoms in total. The SMILES string of the molecule is COc1cc(C[C@H](O)CO)ccc1O[Si](C)(C)C(C)(C)C. The molecule has 2 N–H and O–H groups in total. The average molecular weight is 312 g/mol. The van der Waals surface area contributed by atoms with Gasteiger partial charge in [-0.05, 0) is 35.8 Å². The highest BCUT2D eigenvalue weighted by molar-refractivity contribution is 6.74. The van der Waals surface area contributed by atoms with E-state index in [0.717, 1.165) is 11.3 Å². The van der Waals surface area contributed by atoms with E-state index in [4.69, 9.17) is 14.3 Å². The summed E-state index contributed by atoms with van der Waals surface area (Å²) >= 11 is 0. The summed E-state index contributed by atoms with van der Waals surface area (Å²) < 4.78 is 11.7. The maximum Gasteiger partial charge on any atom is 0.250 e. The number of aliphatic hydroxyl groups is 2. The van der Waals surface area contributed by atoms with E-state index in [9.17, 15) is 5.11 Å². The fraction of sp³-hybridized carbons (Fsp3) is 0.625. The van der Waals surface area contributed by atoms with Crippen molar-refractivity contribution < 1.29 is 19.4 Å². The fourth-order valence-electron chi connectivity index (χ4n) is 1.69. The van der Waals surface area contributed by atoms with Crippen LogP contribution in [0.2, 0.25) is 18.1 Å². The first kappa shape index (κ1) is 18.0. The lowest BCUT2D eigenvalue weighted by Crippen LogP contribution is -2.43. The van der Waals surface area contributed by atoms with Gasteiger partial charge in [-0.25, -0.2) is 0 Å². The average Bonchev–Trinajstić information content (AvgIpc) is 2.38. The zero-order valence-corrected chi connectivity index (χ0v) is 14.9. The molecule has 0 radical (unpaired) electrons. The monoisotopic (exact) mass is 312 g/mol. The summed E-state index contributed by atoms with van der Waals surface area (Å²) in [6.07, 6.45) is -0.352. The van der Waals surface area contributed by atoms with Crippen molar-refractivity contribution in [1.29, 1.82) is 0 Å². The summed E-state index contributed by atoms with van der Waals surface area (Å²) in [4.78, 5) is 0. The van der Waals surface area contributed by atoms with Crippen molar-refractivity contribution in [3.05, 3.63) is 23.8 Å². The maximum atomic E-state index is 9.52. The molecule has 5 heteroatoms. The zero-order chi connectivity index (χ0) is 16.3. The van der Waals surface area contributed by atoms with Crippen molar-refractivity contribution in [2.45, 2.75) is 51.4 Å². The van der Waals surface area contributed by atoms with Crippen LogP contribution in [-0.2, 0) is 6.42 Å². The first-order valence-corrected chi connectivity index (χ1v) is 10.2. The minimum Gasteiger partial charge on any atom is -0.541 e. The summed E-state index contributed by atoms with van der Waals surface area (Å²) in [5.74, 6) is 1.41. The van der Waals surface area contributed by atoms with Gasteiger partial charge in [0.05, 0.1) is 19.8 Å². The molecule has 0 aliphatic heterocycles. The van der Waals surface area contributed by atoms with Gasteiger partial charge in [0.25, 0.3) is 8.32 Å². The van der Waals surface area contributed by atoms with Crippen LogP contribution >= 0.6 is 0 Å². The quantitative estimate of drug-likeness (QED) is 0.793. The van der Waals surface area contributed by atoms with E-state index >= 15 is 0 Å². The van der Waals surface area contributed by atoms with Gasteiger partial charge in [-0.15, -0.1) is 0 Å². The maximum absolute atomic E-state index is 9.52. The van der Waals surface area contributed by atoms with Crippen molar-refractivity contribution in [1.82, 2.24) is 0 Å². The van der Waals surface area contributed by atoms with Gasteiger partial charge < -0.3 is 19.4 Å². The second-order valence-electron chi connectivity index (χ2n) is 6.89. The number of rotatable bonds is 6. The van der Waals surface area contributed by atoms with Gasteiger partial charge >= 0.3 is 0 Å². The molecular formula is C16H28O4Si. The van der Waals surface area contributed by atoms with Crippen molar-refractivity contribution in [3.8, 4) is 11.5 Å². The minimum absolute atomic E-state index is 0.115. The highest BCUT2D eigenvalue weighted by Crippen LogP contribution is 2.40. The molecule has 0 fully saturated rings. The third kappa shape index (κ3) is 4.73. The molecule has 0 heterocycles. The molecule has 1 aromatic carbocycles. The standard InChI is InChI=1S/C16H28O4Si/c1-16(2,3)21(5,6)20-14-8-7-12(9-13(18)11-17)10-15(14)19-4/h7-8,10,13,17-18H,9,11H2,1-6H3/t13-/m0/s1. The Morgan fingerprint density at radius 2 is 1.81 bits per heavy atom. The molecule has 0 saturated heterocycles. The van der Waals surface area contributed by atoms with Crippen molar-refractivity contribution in [2.24, 2.45) is 0 Å². The molecular weight excluding hydrogens is 284 g/mol. The van der Waals surface area contributed by atoms with Gasteiger partial charge in [0, 0.05) is 6.42 Å². The van der Waals surface area contributed by atoms with Gasteiger partial charge in [-0.1, -0.05) is 26.8 Å². The van der Waals surface area contributed by atoms with E-state index < -0.39 is 14.4 Å². The van der Waals surface area contributed by atoms with Crippen molar-refractivity contribution in [2.75, 3.05) is 13.7 Å². The number of benzene rings is 1. The van der Waals surface area contributed by atoms with E-state index in [0.29, 0.717) is 12.2 Å². The number of ether oxygens (including phenoxy) is 1. The molecule has 0 aliphatic carbocycles. The van der Waals surface area contributed by atoms with Gasteiger partial charge in [0.15, 0.2) is 5.75 Å². The smallest absolute Gasteiger partial charge is 0.250 e. The molecule has 0 aliphatic rings. The number of aliphatic hydroxyl groups excluding tert-OH is 2. The molecule has 0 aromatic heterocycles. The largest absolute Gasteiger partial charge is 0.541 e. The van der Waals surface area contributed by atoms with Gasteiger partial charge in [-0.3, -0.25) is 0 Å². The van der Waals surface area contributed by atoms with Crippen LogP contribution in [-0.4, -0.2) is 38.4 Å². The molecule has 1 rings (SSSR count). The van der Waals surface area contributed by atoms with Gasteiger partial charge in [-0.2, -0.15) is 0 Å². The molecule has 0 unspecified atom stereocenters. The van der Waals surface area contributed by atoms with E-state index in [2.05, 4.69) is 33.9 Å². The van der Waals surface area contributed by atoms with Crippen LogP contribution in [0.4, 0.5) is 0 Å². The summed E-state index contributed by atoms with van der Waals surface area (Å²) in [6.45, 7) is 10.7. The number of hydrogen-bond acceptors (Lipinski definition) is 4. The van der Waals surface area contributed by atoms with Crippen molar-refractivity contribution in [3.63, 3.8) is 0 Å². The lowest BCUT2D eigenvalue weighted by molar-refractivity contribution is 0.0954. The first-order chi connectivity index (χ1) is 9.60. The Balaban J connectivity index is 2.99. The van der Waals surface area contributed by atoms with Crippen LogP contribution in [0.25, 0.3) is 0 Å². The Kier molecular flexibility index (Phi) is 5.84. The number of hydrogen-bond donors (Lipinski definition) is 2. The molecule has 0 bridgehead atoms. The summed E-state index contributed by atoms with van der Waals surface area (Å²) in [5, 5.41) is 18.6. The predicted molar refractivity (Wildman–Crippen MR) is 87.6 cm³/mol. The summed E-state index contributed by atoms with van der Waals surface area (Å²) in [6, 6.07) is 5.66. The van der Waals surface area contributed by atoms with Crippen molar-refractivity contribution >= 4 is 8.32 Å². The topological polar surface area (TPSA) is 58.9 Å². The van der Waals surface area contributed by atoms with Crippen LogP contribution in [0.5, 0.6) is 11.5 Å². The lowest BCUT2D eigenvalue weighted by Gasteiger charge is -2.36. The van der Waals surface area contributed by atoms with Gasteiger partial charge in [0.1, 0.15) is 5.75 Å². The second-order valence-corrected chi connectivity index (χ2v) is 11.6. The van der Waals surface area contributed by atoms with E-state index in [1.165, 1.54) is 0 Å². The third-order valence-electron chi connectivity index (χ3n) is 4.08. The minimum atomic E-state index is -1.92. The Hall–Kier alpha value is -1.04. The van der Waals surface area contributed by atoms with E-state index in [1.807, 2.05) is 18.2 Å². The summed E-state index contributed by atoms with van der Waals surface area (Å²) in [5.41, 5.74) is 0.913. The molecule has 21 heavy (non-hydrogen) atoms. The van der Waals surface area contributed by atoms with E-state index in [-0.39, 0.29) is 11.6 Å². The molecule has 120 valence electrons. The Bertz CT molecular complexity index is 466. The first-order valence-electron chi connectivity index (χ1n) is 7.25. The normalized spacial score (nSPS) is 13.9. The highest BCUT2D eigenvalue weighted by atomic mass is 28.4. The second kappa shape index (κ2) is 6.81. The molecule has 0 saturated carbocycles. The Labute approximate surface area is 128 Å². The highest BCUT2D eigenvalue weighted by Gasteiger charge is 2.39. The third-order valence-corrected chi connectivity index (χ3v) is 8.42. The Morgan fingerprint density at radius 3 is 2.29 bits per heavy atom. The van der Waals surface area contributed by atoms with Crippen LogP contribution in [0.1, 0.15) is 26.3 Å². The van der Waals surface area contributed by atoms with Crippen LogP contribution in [0, 0.1) is 0 Å². The molecule has 0 amide bonds.